The van der Waals surface area contributed by atoms with Crippen LogP contribution in [0.15, 0.2) is 16.3 Å². The average molecular weight is 331 g/mol. The zero-order valence-corrected chi connectivity index (χ0v) is 14.8. The number of nitrogens with zero attached hydrogens (tertiary/aromatic N) is 1. The van der Waals surface area contributed by atoms with E-state index in [1.54, 1.807) is 10.4 Å². The smallest absolute Gasteiger partial charge is 0.252 e. The first kappa shape index (κ1) is 16.9. The summed E-state index contributed by atoms with van der Waals surface area (Å²) in [7, 11) is -3.38. The van der Waals surface area contributed by atoms with Crippen molar-refractivity contribution in [2.24, 2.45) is 0 Å². The average Bonchev–Trinajstić information content (AvgIpc) is 2.95. The fraction of sp³-hybridized carbons (Fsp3) is 0.733. The van der Waals surface area contributed by atoms with Crippen LogP contribution < -0.4 is 5.32 Å². The third-order valence-electron chi connectivity index (χ3n) is 3.94. The van der Waals surface area contributed by atoms with Crippen molar-refractivity contribution in [3.8, 4) is 0 Å². The lowest BCUT2D eigenvalue weighted by molar-refractivity contribution is 0.283. The van der Waals surface area contributed by atoms with E-state index in [-0.39, 0.29) is 12.1 Å². The van der Waals surface area contributed by atoms with Crippen LogP contribution in [-0.2, 0) is 16.4 Å². The van der Waals surface area contributed by atoms with Crippen LogP contribution in [0.3, 0.4) is 0 Å². The van der Waals surface area contributed by atoms with E-state index in [2.05, 4.69) is 5.32 Å². The summed E-state index contributed by atoms with van der Waals surface area (Å²) in [6.45, 7) is 7.52. The van der Waals surface area contributed by atoms with Crippen LogP contribution in [0.5, 0.6) is 0 Å². The van der Waals surface area contributed by atoms with Crippen molar-refractivity contribution in [3.05, 3.63) is 17.0 Å². The Balaban J connectivity index is 2.19. The van der Waals surface area contributed by atoms with Gasteiger partial charge in [0.15, 0.2) is 0 Å². The third-order valence-corrected chi connectivity index (χ3v) is 7.68. The van der Waals surface area contributed by atoms with Gasteiger partial charge in [0.05, 0.1) is 0 Å². The third kappa shape index (κ3) is 4.06. The van der Waals surface area contributed by atoms with Crippen molar-refractivity contribution in [2.75, 3.05) is 13.1 Å². The number of nitrogens with one attached hydrogen (secondary N) is 1. The molecule has 6 heteroatoms. The molecule has 2 rings (SSSR count). The van der Waals surface area contributed by atoms with Gasteiger partial charge in [-0.25, -0.2) is 8.42 Å². The van der Waals surface area contributed by atoms with E-state index in [1.807, 2.05) is 26.8 Å². The second kappa shape index (κ2) is 7.22. The number of hydrogen-bond donors (Lipinski definition) is 1. The Kier molecular flexibility index (Phi) is 5.82. The van der Waals surface area contributed by atoms with Crippen LogP contribution in [0.1, 0.15) is 44.9 Å². The molecule has 0 aliphatic carbocycles. The lowest BCUT2D eigenvalue weighted by atomic mass is 10.1. The Bertz CT molecular complexity index is 546. The number of rotatable bonds is 6. The van der Waals surface area contributed by atoms with E-state index in [0.717, 1.165) is 24.3 Å². The standard InChI is InChI=1S/C15H26N2O2S2/c1-4-14-8-9-15(20-14)21(18,19)17(12(2)3)11-13-7-5-6-10-16-13/h8-9,12-13,16H,4-7,10-11H2,1-3H3. The number of hydrogen-bond acceptors (Lipinski definition) is 4. The number of aryl methyl sites for hydroxylation is 1. The van der Waals surface area contributed by atoms with Gasteiger partial charge < -0.3 is 5.32 Å². The Morgan fingerprint density at radius 2 is 2.14 bits per heavy atom. The van der Waals surface area contributed by atoms with E-state index in [9.17, 15) is 8.42 Å². The molecule has 1 aliphatic rings. The molecule has 1 saturated heterocycles. The quantitative estimate of drug-likeness (QED) is 0.872. The minimum Gasteiger partial charge on any atom is -0.313 e. The van der Waals surface area contributed by atoms with Crippen molar-refractivity contribution in [1.82, 2.24) is 9.62 Å². The lowest BCUT2D eigenvalue weighted by Gasteiger charge is -2.32. The molecular weight excluding hydrogens is 304 g/mol. The van der Waals surface area contributed by atoms with E-state index in [1.165, 1.54) is 24.2 Å². The molecule has 0 bridgehead atoms. The molecule has 1 atom stereocenters. The maximum atomic E-state index is 12.9. The summed E-state index contributed by atoms with van der Waals surface area (Å²) in [4.78, 5) is 1.12. The minimum atomic E-state index is -3.38. The summed E-state index contributed by atoms with van der Waals surface area (Å²) >= 11 is 1.40. The van der Waals surface area contributed by atoms with Crippen molar-refractivity contribution in [1.29, 1.82) is 0 Å². The predicted octanol–water partition coefficient (Wildman–Crippen LogP) is 2.85. The molecule has 0 aromatic carbocycles. The first-order valence-corrected chi connectivity index (χ1v) is 10.0. The molecule has 1 N–H and O–H groups in total. The predicted molar refractivity (Wildman–Crippen MR) is 88.4 cm³/mol. The fourth-order valence-corrected chi connectivity index (χ4v) is 5.79. The zero-order chi connectivity index (χ0) is 15.5. The monoisotopic (exact) mass is 330 g/mol. The first-order chi connectivity index (χ1) is 9.95. The van der Waals surface area contributed by atoms with Gasteiger partial charge in [-0.05, 0) is 51.8 Å². The molecule has 0 saturated carbocycles. The molecule has 0 radical (unpaired) electrons. The first-order valence-electron chi connectivity index (χ1n) is 7.79. The van der Waals surface area contributed by atoms with Gasteiger partial charge in [0.25, 0.3) is 10.0 Å². The molecule has 21 heavy (non-hydrogen) atoms. The second-order valence-electron chi connectivity index (χ2n) is 5.89. The number of piperidine rings is 1. The highest BCUT2D eigenvalue weighted by atomic mass is 32.2. The van der Waals surface area contributed by atoms with Gasteiger partial charge in [-0.15, -0.1) is 11.3 Å². The summed E-state index contributed by atoms with van der Waals surface area (Å²) in [6, 6.07) is 3.93. The highest BCUT2D eigenvalue weighted by molar-refractivity contribution is 7.91. The molecule has 4 nitrogen and oxygen atoms in total. The summed E-state index contributed by atoms with van der Waals surface area (Å²) in [5.74, 6) is 0. The van der Waals surface area contributed by atoms with E-state index < -0.39 is 10.0 Å². The summed E-state index contributed by atoms with van der Waals surface area (Å²) in [5, 5.41) is 3.44. The van der Waals surface area contributed by atoms with E-state index in [4.69, 9.17) is 0 Å². The Morgan fingerprint density at radius 3 is 2.67 bits per heavy atom. The molecule has 0 spiro atoms. The van der Waals surface area contributed by atoms with Crippen LogP contribution in [0.25, 0.3) is 0 Å². The largest absolute Gasteiger partial charge is 0.313 e. The lowest BCUT2D eigenvalue weighted by Crippen LogP contribution is -2.48. The van der Waals surface area contributed by atoms with Gasteiger partial charge in [0.2, 0.25) is 0 Å². The summed E-state index contributed by atoms with van der Waals surface area (Å²) in [6.07, 6.45) is 4.31. The topological polar surface area (TPSA) is 49.4 Å². The fourth-order valence-electron chi connectivity index (χ4n) is 2.69. The minimum absolute atomic E-state index is 0.0223. The Labute approximate surface area is 132 Å². The highest BCUT2D eigenvalue weighted by Crippen LogP contribution is 2.27. The van der Waals surface area contributed by atoms with Gasteiger partial charge in [0.1, 0.15) is 4.21 Å². The molecule has 1 fully saturated rings. The zero-order valence-electron chi connectivity index (χ0n) is 13.1. The van der Waals surface area contributed by atoms with Crippen molar-refractivity contribution >= 4 is 21.4 Å². The molecular formula is C15H26N2O2S2. The van der Waals surface area contributed by atoms with Crippen LogP contribution in [0.4, 0.5) is 0 Å². The molecule has 2 heterocycles. The summed E-state index contributed by atoms with van der Waals surface area (Å²) < 4.78 is 27.9. The maximum absolute atomic E-state index is 12.9. The molecule has 0 amide bonds. The van der Waals surface area contributed by atoms with Crippen molar-refractivity contribution in [3.63, 3.8) is 0 Å². The molecule has 1 aromatic heterocycles. The van der Waals surface area contributed by atoms with Gasteiger partial charge in [-0.2, -0.15) is 4.31 Å². The van der Waals surface area contributed by atoms with Crippen LogP contribution in [-0.4, -0.2) is 37.9 Å². The van der Waals surface area contributed by atoms with Crippen LogP contribution in [0, 0.1) is 0 Å². The molecule has 120 valence electrons. The molecule has 1 aliphatic heterocycles. The van der Waals surface area contributed by atoms with Crippen molar-refractivity contribution < 1.29 is 8.42 Å². The van der Waals surface area contributed by atoms with Gasteiger partial charge in [0, 0.05) is 23.5 Å². The van der Waals surface area contributed by atoms with E-state index >= 15 is 0 Å². The molecule has 1 unspecified atom stereocenters. The Hall–Kier alpha value is -0.430. The van der Waals surface area contributed by atoms with E-state index in [0.29, 0.717) is 10.8 Å². The van der Waals surface area contributed by atoms with Crippen LogP contribution >= 0.6 is 11.3 Å². The highest BCUT2D eigenvalue weighted by Gasteiger charge is 2.31. The van der Waals surface area contributed by atoms with Crippen LogP contribution in [0.2, 0.25) is 0 Å². The van der Waals surface area contributed by atoms with Gasteiger partial charge >= 0.3 is 0 Å². The molecule has 1 aromatic rings. The van der Waals surface area contributed by atoms with Gasteiger partial charge in [-0.1, -0.05) is 13.3 Å². The van der Waals surface area contributed by atoms with Crippen molar-refractivity contribution in [2.45, 2.75) is 62.7 Å². The maximum Gasteiger partial charge on any atom is 0.252 e. The normalized spacial score (nSPS) is 20.3. The SMILES string of the molecule is CCc1ccc(S(=O)(=O)N(CC2CCCCN2)C(C)C)s1. The number of sulfonamides is 1. The summed E-state index contributed by atoms with van der Waals surface area (Å²) in [5.41, 5.74) is 0. The second-order valence-corrected chi connectivity index (χ2v) is 9.18. The van der Waals surface area contributed by atoms with Gasteiger partial charge in [-0.3, -0.25) is 0 Å². The number of thiophene rings is 1. The Morgan fingerprint density at radius 1 is 1.38 bits per heavy atom.